The second-order valence-corrected chi connectivity index (χ2v) is 7.15. The van der Waals surface area contributed by atoms with Gasteiger partial charge in [0.25, 0.3) is 0 Å². The summed E-state index contributed by atoms with van der Waals surface area (Å²) in [4.78, 5) is 11.0. The first-order chi connectivity index (χ1) is 13.1. The van der Waals surface area contributed by atoms with E-state index >= 15 is 0 Å². The van der Waals surface area contributed by atoms with Gasteiger partial charge in [-0.15, -0.1) is 0 Å². The van der Waals surface area contributed by atoms with Crippen LogP contribution in [0.4, 0.5) is 4.39 Å². The molecule has 4 heterocycles. The van der Waals surface area contributed by atoms with E-state index in [2.05, 4.69) is 26.1 Å². The van der Waals surface area contributed by atoms with E-state index in [0.29, 0.717) is 18.2 Å². The third-order valence-electron chi connectivity index (χ3n) is 5.32. The summed E-state index contributed by atoms with van der Waals surface area (Å²) in [6.07, 6.45) is 5.53. The molecular formula is C21H23FN4O. The molecule has 140 valence electrons. The molecule has 3 aromatic rings. The molecule has 0 spiro atoms. The number of halogens is 1. The molecule has 0 amide bonds. The fourth-order valence-electron chi connectivity index (χ4n) is 3.86. The lowest BCUT2D eigenvalue weighted by Crippen LogP contribution is -2.33. The molecule has 0 unspecified atom stereocenters. The first-order valence-electron chi connectivity index (χ1n) is 9.33. The summed E-state index contributed by atoms with van der Waals surface area (Å²) >= 11 is 0. The highest BCUT2D eigenvalue weighted by molar-refractivity contribution is 5.67. The molecule has 3 aromatic heterocycles. The average molecular weight is 366 g/mol. The zero-order valence-corrected chi connectivity index (χ0v) is 15.7. The number of likely N-dealkylation sites (tertiary alicyclic amines) is 1. The molecule has 5 nitrogen and oxygen atoms in total. The van der Waals surface area contributed by atoms with Crippen LogP contribution >= 0.6 is 0 Å². The molecule has 0 bridgehead atoms. The smallest absolute Gasteiger partial charge is 0.146 e. The van der Waals surface area contributed by atoms with E-state index in [-0.39, 0.29) is 5.82 Å². The summed E-state index contributed by atoms with van der Waals surface area (Å²) in [5, 5.41) is 4.05. The first-order valence-corrected chi connectivity index (χ1v) is 9.33. The maximum atomic E-state index is 13.8. The number of rotatable bonds is 4. The summed E-state index contributed by atoms with van der Waals surface area (Å²) in [7, 11) is 0. The van der Waals surface area contributed by atoms with Gasteiger partial charge < -0.3 is 4.52 Å². The van der Waals surface area contributed by atoms with Crippen molar-refractivity contribution >= 4 is 0 Å². The quantitative estimate of drug-likeness (QED) is 0.690. The molecular weight excluding hydrogens is 343 g/mol. The van der Waals surface area contributed by atoms with Gasteiger partial charge in [-0.05, 0) is 69.6 Å². The highest BCUT2D eigenvalue weighted by atomic mass is 19.1. The van der Waals surface area contributed by atoms with Gasteiger partial charge in [0.15, 0.2) is 0 Å². The molecule has 0 saturated carbocycles. The van der Waals surface area contributed by atoms with E-state index in [1.54, 1.807) is 12.3 Å². The molecule has 1 aliphatic rings. The third kappa shape index (κ3) is 3.76. The van der Waals surface area contributed by atoms with Crippen LogP contribution in [0.3, 0.4) is 0 Å². The molecule has 4 rings (SSSR count). The fraction of sp³-hybridized carbons (Fsp3) is 0.381. The number of piperidine rings is 1. The molecule has 1 fully saturated rings. The van der Waals surface area contributed by atoms with Crippen molar-refractivity contribution in [3.8, 4) is 11.1 Å². The van der Waals surface area contributed by atoms with Gasteiger partial charge in [0, 0.05) is 36.1 Å². The van der Waals surface area contributed by atoms with Crippen molar-refractivity contribution in [1.29, 1.82) is 0 Å². The van der Waals surface area contributed by atoms with Gasteiger partial charge in [-0.1, -0.05) is 5.16 Å². The number of pyridine rings is 2. The summed E-state index contributed by atoms with van der Waals surface area (Å²) in [6.45, 7) is 6.29. The summed E-state index contributed by atoms with van der Waals surface area (Å²) in [5.41, 5.74) is 4.69. The Bertz CT molecular complexity index is 912. The minimum Gasteiger partial charge on any atom is -0.361 e. The Hall–Kier alpha value is -2.60. The van der Waals surface area contributed by atoms with E-state index in [0.717, 1.165) is 54.2 Å². The van der Waals surface area contributed by atoms with Crippen molar-refractivity contribution in [2.24, 2.45) is 0 Å². The Kier molecular flexibility index (Phi) is 4.99. The molecule has 0 N–H and O–H groups in total. The summed E-state index contributed by atoms with van der Waals surface area (Å²) in [6, 6.07) is 7.27. The number of aryl methyl sites for hydroxylation is 2. The van der Waals surface area contributed by atoms with Crippen molar-refractivity contribution in [3.63, 3.8) is 0 Å². The Balaban J connectivity index is 1.44. The van der Waals surface area contributed by atoms with Crippen LogP contribution in [-0.4, -0.2) is 33.1 Å². The molecule has 0 aliphatic carbocycles. The number of aromatic nitrogens is 3. The lowest BCUT2D eigenvalue weighted by Gasteiger charge is -2.31. The minimum absolute atomic E-state index is 0.228. The van der Waals surface area contributed by atoms with Crippen LogP contribution in [0.2, 0.25) is 0 Å². The van der Waals surface area contributed by atoms with Crippen molar-refractivity contribution in [3.05, 3.63) is 65.3 Å². The van der Waals surface area contributed by atoms with Crippen molar-refractivity contribution in [2.75, 3.05) is 13.1 Å². The summed E-state index contributed by atoms with van der Waals surface area (Å²) in [5.74, 6) is 1.01. The van der Waals surface area contributed by atoms with E-state index in [1.165, 1.54) is 6.07 Å². The summed E-state index contributed by atoms with van der Waals surface area (Å²) < 4.78 is 19.1. The van der Waals surface area contributed by atoms with Gasteiger partial charge >= 0.3 is 0 Å². The van der Waals surface area contributed by atoms with Crippen LogP contribution in [0, 0.1) is 19.7 Å². The molecule has 27 heavy (non-hydrogen) atoms. The number of hydrogen-bond acceptors (Lipinski definition) is 5. The Morgan fingerprint density at radius 2 is 1.96 bits per heavy atom. The Morgan fingerprint density at radius 1 is 1.15 bits per heavy atom. The van der Waals surface area contributed by atoms with Crippen LogP contribution in [0.15, 0.2) is 41.2 Å². The standard InChI is InChI=1S/C21H23FN4O/c1-14-21(15(2)27-25-14)17-5-9-24-19(12-17)16-6-10-26(11-7-16)13-20-18(22)4-3-8-23-20/h3-5,8-9,12,16H,6-7,10-11,13H2,1-2H3. The fourth-order valence-corrected chi connectivity index (χ4v) is 3.86. The highest BCUT2D eigenvalue weighted by Crippen LogP contribution is 2.32. The van der Waals surface area contributed by atoms with Crippen LogP contribution in [-0.2, 0) is 6.54 Å². The lowest BCUT2D eigenvalue weighted by molar-refractivity contribution is 0.198. The van der Waals surface area contributed by atoms with Crippen molar-refractivity contribution in [2.45, 2.75) is 39.2 Å². The molecule has 1 saturated heterocycles. The monoisotopic (exact) mass is 366 g/mol. The average Bonchev–Trinajstić information content (AvgIpc) is 3.03. The van der Waals surface area contributed by atoms with E-state index in [4.69, 9.17) is 4.52 Å². The van der Waals surface area contributed by atoms with Gasteiger partial charge in [-0.25, -0.2) is 4.39 Å². The van der Waals surface area contributed by atoms with Crippen LogP contribution in [0.25, 0.3) is 11.1 Å². The molecule has 6 heteroatoms. The minimum atomic E-state index is -0.228. The molecule has 0 aromatic carbocycles. The maximum Gasteiger partial charge on any atom is 0.146 e. The molecule has 0 radical (unpaired) electrons. The zero-order valence-electron chi connectivity index (χ0n) is 15.7. The maximum absolute atomic E-state index is 13.8. The van der Waals surface area contributed by atoms with Crippen molar-refractivity contribution < 1.29 is 8.91 Å². The zero-order chi connectivity index (χ0) is 18.8. The predicted molar refractivity (Wildman–Crippen MR) is 101 cm³/mol. The highest BCUT2D eigenvalue weighted by Gasteiger charge is 2.23. The van der Waals surface area contributed by atoms with Crippen molar-refractivity contribution in [1.82, 2.24) is 20.0 Å². The first kappa shape index (κ1) is 17.8. The Labute approximate surface area is 158 Å². The Morgan fingerprint density at radius 3 is 2.67 bits per heavy atom. The van der Waals surface area contributed by atoms with Gasteiger partial charge in [-0.2, -0.15) is 0 Å². The normalized spacial score (nSPS) is 16.0. The van der Waals surface area contributed by atoms with E-state index < -0.39 is 0 Å². The molecule has 1 aliphatic heterocycles. The number of nitrogens with zero attached hydrogens (tertiary/aromatic N) is 4. The molecule has 0 atom stereocenters. The van der Waals surface area contributed by atoms with Crippen LogP contribution < -0.4 is 0 Å². The number of hydrogen-bond donors (Lipinski definition) is 0. The van der Waals surface area contributed by atoms with Gasteiger partial charge in [0.2, 0.25) is 0 Å². The van der Waals surface area contributed by atoms with Crippen LogP contribution in [0.1, 0.15) is 41.6 Å². The SMILES string of the molecule is Cc1noc(C)c1-c1ccnc(C2CCN(Cc3ncccc3F)CC2)c1. The van der Waals surface area contributed by atoms with Gasteiger partial charge in [0.1, 0.15) is 11.6 Å². The van der Waals surface area contributed by atoms with Crippen LogP contribution in [0.5, 0.6) is 0 Å². The third-order valence-corrected chi connectivity index (χ3v) is 5.32. The van der Waals surface area contributed by atoms with Gasteiger partial charge in [-0.3, -0.25) is 14.9 Å². The second kappa shape index (κ2) is 7.56. The van der Waals surface area contributed by atoms with E-state index in [1.807, 2.05) is 26.1 Å². The lowest BCUT2D eigenvalue weighted by atomic mass is 9.91. The second-order valence-electron chi connectivity index (χ2n) is 7.15. The topological polar surface area (TPSA) is 55.1 Å². The predicted octanol–water partition coefficient (Wildman–Crippen LogP) is 4.27. The largest absolute Gasteiger partial charge is 0.361 e. The van der Waals surface area contributed by atoms with Gasteiger partial charge in [0.05, 0.1) is 11.4 Å². The van der Waals surface area contributed by atoms with E-state index in [9.17, 15) is 4.39 Å².